The van der Waals surface area contributed by atoms with Gasteiger partial charge in [-0.05, 0) is 30.7 Å². The van der Waals surface area contributed by atoms with E-state index in [2.05, 4.69) is 17.2 Å². The van der Waals surface area contributed by atoms with E-state index in [9.17, 15) is 9.59 Å². The summed E-state index contributed by atoms with van der Waals surface area (Å²) in [5.74, 6) is 0.128. The first-order chi connectivity index (χ1) is 11.5. The number of carbonyl (C=O) groups excluding carboxylic acids is 2. The van der Waals surface area contributed by atoms with Crippen LogP contribution in [0.3, 0.4) is 0 Å². The Morgan fingerprint density at radius 1 is 1.25 bits per heavy atom. The fraction of sp³-hybridized carbons (Fsp3) is 0.353. The van der Waals surface area contributed by atoms with Crippen LogP contribution in [0.15, 0.2) is 41.8 Å². The molecule has 2 rings (SSSR count). The number of benzene rings is 1. The molecular formula is C17H22N4O2S. The molecule has 0 radical (unpaired) electrons. The molecule has 0 saturated carbocycles. The van der Waals surface area contributed by atoms with E-state index in [1.807, 2.05) is 10.8 Å². The highest BCUT2D eigenvalue weighted by Gasteiger charge is 2.10. The van der Waals surface area contributed by atoms with Gasteiger partial charge in [0.15, 0.2) is 5.16 Å². The van der Waals surface area contributed by atoms with E-state index in [-0.39, 0.29) is 11.8 Å². The maximum absolute atomic E-state index is 12.1. The summed E-state index contributed by atoms with van der Waals surface area (Å²) in [5, 5.41) is 3.68. The second-order valence-corrected chi connectivity index (χ2v) is 6.46. The number of imidazole rings is 1. The van der Waals surface area contributed by atoms with Crippen molar-refractivity contribution in [2.24, 2.45) is 0 Å². The molecule has 1 heterocycles. The van der Waals surface area contributed by atoms with Gasteiger partial charge in [0.1, 0.15) is 0 Å². The minimum atomic E-state index is -0.0993. The Morgan fingerprint density at radius 3 is 2.58 bits per heavy atom. The summed E-state index contributed by atoms with van der Waals surface area (Å²) < 4.78 is 2.04. The van der Waals surface area contributed by atoms with E-state index < -0.39 is 0 Å². The molecule has 0 aliphatic heterocycles. The van der Waals surface area contributed by atoms with Crippen molar-refractivity contribution >= 4 is 29.3 Å². The van der Waals surface area contributed by atoms with Gasteiger partial charge in [0, 0.05) is 44.3 Å². The number of anilines is 1. The molecule has 0 aliphatic rings. The van der Waals surface area contributed by atoms with Gasteiger partial charge in [0.05, 0.1) is 5.75 Å². The zero-order valence-corrected chi connectivity index (χ0v) is 15.0. The number of carbonyl (C=O) groups is 2. The predicted molar refractivity (Wildman–Crippen MR) is 96.3 cm³/mol. The molecular weight excluding hydrogens is 324 g/mol. The third-order valence-corrected chi connectivity index (χ3v) is 4.30. The lowest BCUT2D eigenvalue weighted by Crippen LogP contribution is -2.21. The van der Waals surface area contributed by atoms with Gasteiger partial charge in [0.2, 0.25) is 5.91 Å². The first kappa shape index (κ1) is 18.1. The second-order valence-electron chi connectivity index (χ2n) is 5.52. The normalized spacial score (nSPS) is 10.5. The number of nitrogens with zero attached hydrogens (tertiary/aromatic N) is 3. The summed E-state index contributed by atoms with van der Waals surface area (Å²) in [4.78, 5) is 29.7. The summed E-state index contributed by atoms with van der Waals surface area (Å²) >= 11 is 1.41. The molecule has 0 saturated heterocycles. The molecule has 1 aromatic heterocycles. The molecule has 6 nitrogen and oxygen atoms in total. The number of nitrogens with one attached hydrogen (secondary N) is 1. The second kappa shape index (κ2) is 8.54. The molecule has 1 N–H and O–H groups in total. The summed E-state index contributed by atoms with van der Waals surface area (Å²) in [6.07, 6.45) is 4.69. The molecule has 24 heavy (non-hydrogen) atoms. The monoisotopic (exact) mass is 346 g/mol. The van der Waals surface area contributed by atoms with Gasteiger partial charge in [0.25, 0.3) is 5.91 Å². The predicted octanol–water partition coefficient (Wildman–Crippen LogP) is 2.73. The van der Waals surface area contributed by atoms with Gasteiger partial charge in [-0.3, -0.25) is 9.59 Å². The number of rotatable bonds is 7. The fourth-order valence-electron chi connectivity index (χ4n) is 2.13. The van der Waals surface area contributed by atoms with Crippen molar-refractivity contribution in [2.45, 2.75) is 25.0 Å². The summed E-state index contributed by atoms with van der Waals surface area (Å²) in [6.45, 7) is 3.00. The zero-order valence-electron chi connectivity index (χ0n) is 14.2. The smallest absolute Gasteiger partial charge is 0.253 e. The number of amides is 2. The van der Waals surface area contributed by atoms with Gasteiger partial charge in [-0.25, -0.2) is 4.98 Å². The number of aromatic nitrogens is 2. The first-order valence-electron chi connectivity index (χ1n) is 7.76. The van der Waals surface area contributed by atoms with Crippen LogP contribution < -0.4 is 5.32 Å². The Labute approximate surface area is 146 Å². The van der Waals surface area contributed by atoms with Crippen molar-refractivity contribution in [3.63, 3.8) is 0 Å². The molecule has 0 atom stereocenters. The van der Waals surface area contributed by atoms with Crippen LogP contribution in [0.5, 0.6) is 0 Å². The highest BCUT2D eigenvalue weighted by Crippen LogP contribution is 2.17. The lowest BCUT2D eigenvalue weighted by molar-refractivity contribution is -0.113. The van der Waals surface area contributed by atoms with Gasteiger partial charge < -0.3 is 14.8 Å². The Bertz CT molecular complexity index is 695. The van der Waals surface area contributed by atoms with Crippen molar-refractivity contribution < 1.29 is 9.59 Å². The Morgan fingerprint density at radius 2 is 1.96 bits per heavy atom. The minimum absolute atomic E-state index is 0.0637. The third kappa shape index (κ3) is 4.86. The summed E-state index contributed by atoms with van der Waals surface area (Å²) in [6, 6.07) is 6.88. The lowest BCUT2D eigenvalue weighted by atomic mass is 10.2. The van der Waals surface area contributed by atoms with E-state index in [4.69, 9.17) is 0 Å². The fourth-order valence-corrected chi connectivity index (χ4v) is 2.91. The quantitative estimate of drug-likeness (QED) is 0.783. The van der Waals surface area contributed by atoms with E-state index >= 15 is 0 Å². The SMILES string of the molecule is CCCn1ccnc1SCC(=O)Nc1ccc(C(=O)N(C)C)cc1. The molecule has 128 valence electrons. The lowest BCUT2D eigenvalue weighted by Gasteiger charge is -2.11. The molecule has 0 unspecified atom stereocenters. The van der Waals surface area contributed by atoms with Crippen LogP contribution in [0.4, 0.5) is 5.69 Å². The number of aryl methyl sites for hydroxylation is 1. The van der Waals surface area contributed by atoms with Crippen molar-refractivity contribution in [2.75, 3.05) is 25.2 Å². The Hall–Kier alpha value is -2.28. The molecule has 0 spiro atoms. The van der Waals surface area contributed by atoms with Crippen molar-refractivity contribution in [1.29, 1.82) is 0 Å². The average molecular weight is 346 g/mol. The largest absolute Gasteiger partial charge is 0.345 e. The molecule has 7 heteroatoms. The average Bonchev–Trinajstić information content (AvgIpc) is 3.00. The highest BCUT2D eigenvalue weighted by atomic mass is 32.2. The van der Waals surface area contributed by atoms with E-state index in [0.29, 0.717) is 17.0 Å². The van der Waals surface area contributed by atoms with Crippen LogP contribution in [0, 0.1) is 0 Å². The van der Waals surface area contributed by atoms with Crippen LogP contribution in [-0.2, 0) is 11.3 Å². The van der Waals surface area contributed by atoms with Crippen LogP contribution >= 0.6 is 11.8 Å². The molecule has 2 aromatic rings. The summed E-state index contributed by atoms with van der Waals surface area (Å²) in [5.41, 5.74) is 1.27. The van der Waals surface area contributed by atoms with Crippen LogP contribution in [0.1, 0.15) is 23.7 Å². The molecule has 1 aromatic carbocycles. The minimum Gasteiger partial charge on any atom is -0.345 e. The molecule has 2 amide bonds. The topological polar surface area (TPSA) is 67.2 Å². The maximum Gasteiger partial charge on any atom is 0.253 e. The van der Waals surface area contributed by atoms with Crippen LogP contribution in [-0.4, -0.2) is 46.1 Å². The van der Waals surface area contributed by atoms with Crippen molar-refractivity contribution in [3.8, 4) is 0 Å². The van der Waals surface area contributed by atoms with Crippen LogP contribution in [0.2, 0.25) is 0 Å². The van der Waals surface area contributed by atoms with Gasteiger partial charge in [-0.15, -0.1) is 0 Å². The van der Waals surface area contributed by atoms with E-state index in [0.717, 1.165) is 18.1 Å². The first-order valence-corrected chi connectivity index (χ1v) is 8.75. The van der Waals surface area contributed by atoms with E-state index in [1.165, 1.54) is 16.7 Å². The highest BCUT2D eigenvalue weighted by molar-refractivity contribution is 7.99. The number of hydrogen-bond acceptors (Lipinski definition) is 4. The van der Waals surface area contributed by atoms with Crippen molar-refractivity contribution in [1.82, 2.24) is 14.5 Å². The van der Waals surface area contributed by atoms with Gasteiger partial charge in [-0.2, -0.15) is 0 Å². The summed E-state index contributed by atoms with van der Waals surface area (Å²) in [7, 11) is 3.41. The molecule has 0 bridgehead atoms. The Kier molecular flexibility index (Phi) is 6.43. The third-order valence-electron chi connectivity index (χ3n) is 3.30. The van der Waals surface area contributed by atoms with Crippen LogP contribution in [0.25, 0.3) is 0 Å². The molecule has 0 aliphatic carbocycles. The number of hydrogen-bond donors (Lipinski definition) is 1. The van der Waals surface area contributed by atoms with Gasteiger partial charge in [-0.1, -0.05) is 18.7 Å². The number of thioether (sulfide) groups is 1. The maximum atomic E-state index is 12.1. The Balaban J connectivity index is 1.88. The van der Waals surface area contributed by atoms with E-state index in [1.54, 1.807) is 44.6 Å². The standard InChI is InChI=1S/C17H22N4O2S/c1-4-10-21-11-9-18-17(21)24-12-15(22)19-14-7-5-13(6-8-14)16(23)20(2)3/h5-9,11H,4,10,12H2,1-3H3,(H,19,22). The van der Waals surface area contributed by atoms with Gasteiger partial charge >= 0.3 is 0 Å². The molecule has 0 fully saturated rings. The van der Waals surface area contributed by atoms with Crippen molar-refractivity contribution in [3.05, 3.63) is 42.2 Å². The zero-order chi connectivity index (χ0) is 17.5.